The van der Waals surface area contributed by atoms with Crippen LogP contribution in [0.2, 0.25) is 0 Å². The molecule has 0 rings (SSSR count). The van der Waals surface area contributed by atoms with Gasteiger partial charge < -0.3 is 16.4 Å². The minimum atomic E-state index is -0.503. The van der Waals surface area contributed by atoms with Crippen LogP contribution in [0.3, 0.4) is 0 Å². The second-order valence-electron chi connectivity index (χ2n) is 8.28. The molecule has 30 heavy (non-hydrogen) atoms. The van der Waals surface area contributed by atoms with E-state index in [0.29, 0.717) is 25.9 Å². The first kappa shape index (κ1) is 28.6. The molecule has 0 bridgehead atoms. The van der Waals surface area contributed by atoms with Crippen LogP contribution in [0, 0.1) is 0 Å². The highest BCUT2D eigenvalue weighted by atomic mass is 16.2. The van der Waals surface area contributed by atoms with E-state index in [-0.39, 0.29) is 11.8 Å². The summed E-state index contributed by atoms with van der Waals surface area (Å²) in [6, 6.07) is -0.503. The van der Waals surface area contributed by atoms with Crippen molar-refractivity contribution in [1.82, 2.24) is 10.6 Å². The number of hydrogen-bond acceptors (Lipinski definition) is 3. The lowest BCUT2D eigenvalue weighted by Crippen LogP contribution is -2.47. The average Bonchev–Trinajstić information content (AvgIpc) is 2.75. The summed E-state index contributed by atoms with van der Waals surface area (Å²) in [6.07, 6.45) is 23.4. The SMILES string of the molecule is CCCCCCCC/C=C\CCCCCCCCNC(=O)C(CCN)NC(=O)CC. The van der Waals surface area contributed by atoms with Crippen molar-refractivity contribution in [3.63, 3.8) is 0 Å². The lowest BCUT2D eigenvalue weighted by molar-refractivity contribution is -0.129. The molecule has 0 aromatic rings. The molecule has 0 aliphatic carbocycles. The van der Waals surface area contributed by atoms with Gasteiger partial charge in [-0.3, -0.25) is 9.59 Å². The van der Waals surface area contributed by atoms with Crippen LogP contribution >= 0.6 is 0 Å². The summed E-state index contributed by atoms with van der Waals surface area (Å²) in [5.41, 5.74) is 5.54. The largest absolute Gasteiger partial charge is 0.354 e. The molecule has 0 spiro atoms. The number of unbranched alkanes of at least 4 members (excludes halogenated alkanes) is 12. The quantitative estimate of drug-likeness (QED) is 0.171. The Labute approximate surface area is 186 Å². The van der Waals surface area contributed by atoms with Gasteiger partial charge in [0.15, 0.2) is 0 Å². The van der Waals surface area contributed by atoms with E-state index >= 15 is 0 Å². The Hall–Kier alpha value is -1.36. The fraction of sp³-hybridized carbons (Fsp3) is 0.840. The van der Waals surface area contributed by atoms with Gasteiger partial charge in [-0.1, -0.05) is 83.8 Å². The maximum absolute atomic E-state index is 12.2. The topological polar surface area (TPSA) is 84.2 Å². The highest BCUT2D eigenvalue weighted by Crippen LogP contribution is 2.09. The van der Waals surface area contributed by atoms with Crippen LogP contribution < -0.4 is 16.4 Å². The number of nitrogens with one attached hydrogen (secondary N) is 2. The molecular formula is C25H49N3O2. The first-order valence-corrected chi connectivity index (χ1v) is 12.6. The summed E-state index contributed by atoms with van der Waals surface area (Å²) in [6.45, 7) is 5.10. The van der Waals surface area contributed by atoms with Gasteiger partial charge in [-0.15, -0.1) is 0 Å². The van der Waals surface area contributed by atoms with Crippen LogP contribution in [0.15, 0.2) is 12.2 Å². The van der Waals surface area contributed by atoms with Crippen molar-refractivity contribution in [2.24, 2.45) is 5.73 Å². The number of carbonyl (C=O) groups excluding carboxylic acids is 2. The monoisotopic (exact) mass is 423 g/mol. The second-order valence-corrected chi connectivity index (χ2v) is 8.28. The van der Waals surface area contributed by atoms with E-state index in [4.69, 9.17) is 5.73 Å². The Bertz CT molecular complexity index is 438. The molecule has 0 fully saturated rings. The molecule has 2 amide bonds. The Morgan fingerprint density at radius 3 is 1.87 bits per heavy atom. The standard InChI is InChI=1S/C25H49N3O2/c1-3-5-6-7-8-9-10-11-12-13-14-15-16-17-18-19-22-27-25(30)23(20-21-26)28-24(29)4-2/h11-12,23H,3-10,13-22,26H2,1-2H3,(H,27,30)(H,28,29)/b12-11-. The Balaban J connectivity index is 3.49. The summed E-state index contributed by atoms with van der Waals surface area (Å²) in [5, 5.41) is 5.67. The summed E-state index contributed by atoms with van der Waals surface area (Å²) < 4.78 is 0. The van der Waals surface area contributed by atoms with E-state index in [1.807, 2.05) is 0 Å². The summed E-state index contributed by atoms with van der Waals surface area (Å²) >= 11 is 0. The number of nitrogens with two attached hydrogens (primary N) is 1. The molecule has 0 radical (unpaired) electrons. The van der Waals surface area contributed by atoms with Crippen molar-refractivity contribution < 1.29 is 9.59 Å². The maximum atomic E-state index is 12.2. The number of hydrogen-bond donors (Lipinski definition) is 3. The third-order valence-electron chi connectivity index (χ3n) is 5.42. The van der Waals surface area contributed by atoms with E-state index in [2.05, 4.69) is 29.7 Å². The van der Waals surface area contributed by atoms with Crippen LogP contribution in [-0.4, -0.2) is 30.9 Å². The van der Waals surface area contributed by atoms with Crippen LogP contribution in [0.5, 0.6) is 0 Å². The predicted molar refractivity (Wildman–Crippen MR) is 128 cm³/mol. The first-order valence-electron chi connectivity index (χ1n) is 12.6. The Morgan fingerprint density at radius 1 is 0.800 bits per heavy atom. The molecule has 5 heteroatoms. The van der Waals surface area contributed by atoms with Crippen molar-refractivity contribution >= 4 is 11.8 Å². The molecule has 0 saturated carbocycles. The highest BCUT2D eigenvalue weighted by molar-refractivity contribution is 5.87. The van der Waals surface area contributed by atoms with Gasteiger partial charge in [0.05, 0.1) is 0 Å². The van der Waals surface area contributed by atoms with Gasteiger partial charge in [0.25, 0.3) is 0 Å². The van der Waals surface area contributed by atoms with Crippen LogP contribution in [0.1, 0.15) is 117 Å². The lowest BCUT2D eigenvalue weighted by Gasteiger charge is -2.17. The lowest BCUT2D eigenvalue weighted by atomic mass is 10.1. The van der Waals surface area contributed by atoms with Crippen LogP contribution in [-0.2, 0) is 9.59 Å². The number of rotatable bonds is 21. The molecule has 0 aromatic heterocycles. The van der Waals surface area contributed by atoms with E-state index in [9.17, 15) is 9.59 Å². The zero-order valence-electron chi connectivity index (χ0n) is 19.9. The molecule has 0 aliphatic heterocycles. The highest BCUT2D eigenvalue weighted by Gasteiger charge is 2.18. The minimum Gasteiger partial charge on any atom is -0.354 e. The Morgan fingerprint density at radius 2 is 1.33 bits per heavy atom. The molecule has 0 saturated heterocycles. The van der Waals surface area contributed by atoms with Gasteiger partial charge in [-0.05, 0) is 45.1 Å². The average molecular weight is 424 g/mol. The number of carbonyl (C=O) groups is 2. The van der Waals surface area contributed by atoms with Crippen molar-refractivity contribution in [2.45, 2.75) is 123 Å². The van der Waals surface area contributed by atoms with Crippen molar-refractivity contribution in [3.8, 4) is 0 Å². The molecule has 4 N–H and O–H groups in total. The van der Waals surface area contributed by atoms with Gasteiger partial charge in [-0.2, -0.15) is 0 Å². The van der Waals surface area contributed by atoms with E-state index in [1.54, 1.807) is 6.92 Å². The second kappa shape index (κ2) is 22.3. The van der Waals surface area contributed by atoms with E-state index < -0.39 is 6.04 Å². The zero-order chi connectivity index (χ0) is 22.3. The van der Waals surface area contributed by atoms with Gasteiger partial charge >= 0.3 is 0 Å². The first-order chi connectivity index (χ1) is 14.7. The number of allylic oxidation sites excluding steroid dienone is 2. The van der Waals surface area contributed by atoms with Crippen molar-refractivity contribution in [3.05, 3.63) is 12.2 Å². The van der Waals surface area contributed by atoms with Crippen LogP contribution in [0.4, 0.5) is 0 Å². The van der Waals surface area contributed by atoms with Crippen LogP contribution in [0.25, 0.3) is 0 Å². The summed E-state index contributed by atoms with van der Waals surface area (Å²) in [5.74, 6) is -0.226. The van der Waals surface area contributed by atoms with Gasteiger partial charge in [0.1, 0.15) is 6.04 Å². The number of amides is 2. The summed E-state index contributed by atoms with van der Waals surface area (Å²) in [7, 11) is 0. The Kier molecular flexibility index (Phi) is 21.3. The zero-order valence-corrected chi connectivity index (χ0v) is 19.9. The maximum Gasteiger partial charge on any atom is 0.242 e. The normalized spacial score (nSPS) is 12.2. The third kappa shape index (κ3) is 18.7. The smallest absolute Gasteiger partial charge is 0.242 e. The van der Waals surface area contributed by atoms with Gasteiger partial charge in [-0.25, -0.2) is 0 Å². The van der Waals surface area contributed by atoms with Gasteiger partial charge in [0, 0.05) is 13.0 Å². The molecule has 0 aromatic carbocycles. The fourth-order valence-corrected chi connectivity index (χ4v) is 3.44. The van der Waals surface area contributed by atoms with Crippen molar-refractivity contribution in [1.29, 1.82) is 0 Å². The molecule has 1 unspecified atom stereocenters. The molecule has 5 nitrogen and oxygen atoms in total. The molecule has 176 valence electrons. The molecule has 0 aliphatic rings. The predicted octanol–water partition coefficient (Wildman–Crippen LogP) is 5.38. The third-order valence-corrected chi connectivity index (χ3v) is 5.42. The van der Waals surface area contributed by atoms with Crippen molar-refractivity contribution in [2.75, 3.05) is 13.1 Å². The van der Waals surface area contributed by atoms with E-state index in [0.717, 1.165) is 12.8 Å². The van der Waals surface area contributed by atoms with E-state index in [1.165, 1.54) is 77.0 Å². The van der Waals surface area contributed by atoms with Gasteiger partial charge in [0.2, 0.25) is 11.8 Å². The minimum absolute atomic E-state index is 0.110. The fourth-order valence-electron chi connectivity index (χ4n) is 3.44. The molecular weight excluding hydrogens is 374 g/mol. The summed E-state index contributed by atoms with van der Waals surface area (Å²) in [4.78, 5) is 23.7. The molecule has 1 atom stereocenters. The molecule has 0 heterocycles.